The third kappa shape index (κ3) is 3.18. The third-order valence-corrected chi connectivity index (χ3v) is 2.52. The van der Waals surface area contributed by atoms with E-state index < -0.39 is 0 Å². The zero-order chi connectivity index (χ0) is 11.9. The van der Waals surface area contributed by atoms with Gasteiger partial charge in [-0.25, -0.2) is 9.97 Å². The number of hydrogen-bond acceptors (Lipinski definition) is 3. The van der Waals surface area contributed by atoms with Crippen LogP contribution in [0.2, 0.25) is 0 Å². The first-order valence-electron chi connectivity index (χ1n) is 5.79. The van der Waals surface area contributed by atoms with Crippen molar-refractivity contribution in [2.24, 2.45) is 0 Å². The van der Waals surface area contributed by atoms with E-state index in [4.69, 9.17) is 6.42 Å². The molecule has 0 aliphatic carbocycles. The summed E-state index contributed by atoms with van der Waals surface area (Å²) >= 11 is 0. The zero-order valence-corrected chi connectivity index (χ0v) is 9.69. The van der Waals surface area contributed by atoms with E-state index in [1.165, 1.54) is 0 Å². The highest BCUT2D eigenvalue weighted by molar-refractivity contribution is 5.78. The molecular formula is C14H15N3. The topological polar surface area (TPSA) is 37.8 Å². The molecule has 0 bridgehead atoms. The summed E-state index contributed by atoms with van der Waals surface area (Å²) in [5.41, 5.74) is 0.966. The first-order valence-corrected chi connectivity index (χ1v) is 5.79. The molecule has 0 radical (unpaired) electrons. The van der Waals surface area contributed by atoms with Crippen LogP contribution < -0.4 is 5.32 Å². The van der Waals surface area contributed by atoms with Gasteiger partial charge in [-0.1, -0.05) is 18.2 Å². The molecule has 0 saturated carbocycles. The predicted octanol–water partition coefficient (Wildman–Crippen LogP) is 2.85. The van der Waals surface area contributed by atoms with Gasteiger partial charge in [-0.3, -0.25) is 0 Å². The Kier molecular flexibility index (Phi) is 3.93. The molecule has 3 nitrogen and oxygen atoms in total. The molecule has 1 aromatic carbocycles. The van der Waals surface area contributed by atoms with E-state index >= 15 is 0 Å². The molecule has 0 saturated heterocycles. The highest BCUT2D eigenvalue weighted by Crippen LogP contribution is 2.11. The van der Waals surface area contributed by atoms with Crippen LogP contribution >= 0.6 is 0 Å². The maximum absolute atomic E-state index is 5.19. The number of nitrogens with one attached hydrogen (secondary N) is 1. The molecule has 1 aromatic heterocycles. The summed E-state index contributed by atoms with van der Waals surface area (Å²) in [5, 5.41) is 4.27. The summed E-state index contributed by atoms with van der Waals surface area (Å²) in [7, 11) is 0. The van der Waals surface area contributed by atoms with E-state index in [2.05, 4.69) is 21.2 Å². The number of benzene rings is 1. The van der Waals surface area contributed by atoms with Crippen LogP contribution in [0.5, 0.6) is 0 Å². The Morgan fingerprint density at radius 1 is 1.24 bits per heavy atom. The van der Waals surface area contributed by atoms with Gasteiger partial charge in [0, 0.05) is 24.5 Å². The van der Waals surface area contributed by atoms with Gasteiger partial charge in [-0.2, -0.15) is 0 Å². The molecule has 0 fully saturated rings. The summed E-state index contributed by atoms with van der Waals surface area (Å²) < 4.78 is 0. The van der Waals surface area contributed by atoms with Crippen LogP contribution in [0.25, 0.3) is 10.9 Å². The molecule has 0 spiro atoms. The van der Waals surface area contributed by atoms with Crippen LogP contribution in [-0.4, -0.2) is 16.5 Å². The molecule has 3 heteroatoms. The molecule has 0 amide bonds. The van der Waals surface area contributed by atoms with Crippen LogP contribution in [0.3, 0.4) is 0 Å². The van der Waals surface area contributed by atoms with Gasteiger partial charge >= 0.3 is 0 Å². The van der Waals surface area contributed by atoms with Crippen molar-refractivity contribution >= 4 is 16.9 Å². The maximum Gasteiger partial charge on any atom is 0.223 e. The van der Waals surface area contributed by atoms with Crippen molar-refractivity contribution in [3.8, 4) is 12.3 Å². The van der Waals surface area contributed by atoms with Crippen LogP contribution in [-0.2, 0) is 0 Å². The molecule has 0 aliphatic heterocycles. The fourth-order valence-corrected chi connectivity index (χ4v) is 1.61. The molecule has 0 unspecified atom stereocenters. The molecule has 17 heavy (non-hydrogen) atoms. The molecule has 2 rings (SSSR count). The van der Waals surface area contributed by atoms with Crippen LogP contribution in [0.4, 0.5) is 5.95 Å². The number of unbranched alkanes of at least 4 members (excludes halogenated alkanes) is 2. The first-order chi connectivity index (χ1) is 8.40. The monoisotopic (exact) mass is 225 g/mol. The molecule has 0 atom stereocenters. The standard InChI is InChI=1S/C14H15N3/c1-2-3-4-7-10-15-14-16-11-12-8-5-6-9-13(12)17-14/h1,5-6,8-9,11H,3-4,7,10H2,(H,15,16,17). The lowest BCUT2D eigenvalue weighted by molar-refractivity contribution is 0.785. The second kappa shape index (κ2) is 5.86. The smallest absolute Gasteiger partial charge is 0.223 e. The van der Waals surface area contributed by atoms with Crippen LogP contribution in [0.1, 0.15) is 19.3 Å². The molecular weight excluding hydrogens is 210 g/mol. The predicted molar refractivity (Wildman–Crippen MR) is 70.7 cm³/mol. The Bertz CT molecular complexity index is 528. The number of para-hydroxylation sites is 1. The summed E-state index contributed by atoms with van der Waals surface area (Å²) in [5.74, 6) is 3.32. The number of terminal acetylenes is 1. The first kappa shape index (κ1) is 11.4. The average molecular weight is 225 g/mol. The fourth-order valence-electron chi connectivity index (χ4n) is 1.61. The van der Waals surface area contributed by atoms with Gasteiger partial charge in [0.2, 0.25) is 5.95 Å². The summed E-state index contributed by atoms with van der Waals surface area (Å²) in [4.78, 5) is 8.69. The van der Waals surface area contributed by atoms with Gasteiger partial charge in [-0.05, 0) is 18.9 Å². The maximum atomic E-state index is 5.19. The highest BCUT2D eigenvalue weighted by Gasteiger charge is 1.97. The largest absolute Gasteiger partial charge is 0.354 e. The van der Waals surface area contributed by atoms with Crippen molar-refractivity contribution in [1.82, 2.24) is 9.97 Å². The number of nitrogens with zero attached hydrogens (tertiary/aromatic N) is 2. The number of aromatic nitrogens is 2. The van der Waals surface area contributed by atoms with Gasteiger partial charge in [0.25, 0.3) is 0 Å². The Morgan fingerprint density at radius 2 is 2.12 bits per heavy atom. The summed E-state index contributed by atoms with van der Waals surface area (Å²) in [6, 6.07) is 7.96. The lowest BCUT2D eigenvalue weighted by Crippen LogP contribution is -2.05. The van der Waals surface area contributed by atoms with E-state index in [-0.39, 0.29) is 0 Å². The molecule has 0 aliphatic rings. The number of fused-ring (bicyclic) bond motifs is 1. The van der Waals surface area contributed by atoms with Crippen molar-refractivity contribution in [2.75, 3.05) is 11.9 Å². The molecule has 1 N–H and O–H groups in total. The van der Waals surface area contributed by atoms with E-state index in [1.807, 2.05) is 30.5 Å². The van der Waals surface area contributed by atoms with E-state index in [0.29, 0.717) is 5.95 Å². The van der Waals surface area contributed by atoms with E-state index in [0.717, 1.165) is 36.7 Å². The minimum absolute atomic E-state index is 0.685. The van der Waals surface area contributed by atoms with Gasteiger partial charge in [0.15, 0.2) is 0 Å². The van der Waals surface area contributed by atoms with Gasteiger partial charge in [-0.15, -0.1) is 12.3 Å². The van der Waals surface area contributed by atoms with Crippen molar-refractivity contribution in [3.05, 3.63) is 30.5 Å². The second-order valence-corrected chi connectivity index (χ2v) is 3.84. The second-order valence-electron chi connectivity index (χ2n) is 3.84. The van der Waals surface area contributed by atoms with Crippen LogP contribution in [0.15, 0.2) is 30.5 Å². The minimum Gasteiger partial charge on any atom is -0.354 e. The lowest BCUT2D eigenvalue weighted by Gasteiger charge is -2.04. The zero-order valence-electron chi connectivity index (χ0n) is 9.69. The SMILES string of the molecule is C#CCCCCNc1ncc2ccccc2n1. The Morgan fingerprint density at radius 3 is 3.00 bits per heavy atom. The molecule has 86 valence electrons. The van der Waals surface area contributed by atoms with Gasteiger partial charge in [0.05, 0.1) is 5.52 Å². The third-order valence-electron chi connectivity index (χ3n) is 2.52. The van der Waals surface area contributed by atoms with Crippen LogP contribution in [0, 0.1) is 12.3 Å². The highest BCUT2D eigenvalue weighted by atomic mass is 15.1. The summed E-state index contributed by atoms with van der Waals surface area (Å²) in [6.07, 6.45) is 9.94. The molecule has 1 heterocycles. The average Bonchev–Trinajstić information content (AvgIpc) is 2.38. The van der Waals surface area contributed by atoms with Crippen molar-refractivity contribution in [1.29, 1.82) is 0 Å². The minimum atomic E-state index is 0.685. The number of rotatable bonds is 5. The lowest BCUT2D eigenvalue weighted by atomic mass is 10.2. The fraction of sp³-hybridized carbons (Fsp3) is 0.286. The Balaban J connectivity index is 1.93. The van der Waals surface area contributed by atoms with Crippen molar-refractivity contribution in [2.45, 2.75) is 19.3 Å². The number of anilines is 1. The van der Waals surface area contributed by atoms with Crippen molar-refractivity contribution in [3.63, 3.8) is 0 Å². The Hall–Kier alpha value is -2.08. The van der Waals surface area contributed by atoms with Gasteiger partial charge < -0.3 is 5.32 Å². The molecule has 2 aromatic rings. The van der Waals surface area contributed by atoms with Gasteiger partial charge in [0.1, 0.15) is 0 Å². The normalized spacial score (nSPS) is 10.1. The van der Waals surface area contributed by atoms with Crippen molar-refractivity contribution < 1.29 is 0 Å². The summed E-state index contributed by atoms with van der Waals surface area (Å²) in [6.45, 7) is 0.861. The van der Waals surface area contributed by atoms with E-state index in [9.17, 15) is 0 Å². The van der Waals surface area contributed by atoms with E-state index in [1.54, 1.807) is 0 Å². The number of hydrogen-bond donors (Lipinski definition) is 1. The quantitative estimate of drug-likeness (QED) is 0.628. The Labute approximate surface area is 101 Å².